The molecule has 0 aromatic heterocycles. The van der Waals surface area contributed by atoms with Crippen molar-refractivity contribution in [3.63, 3.8) is 0 Å². The quantitative estimate of drug-likeness (QED) is 0.391. The highest BCUT2D eigenvalue weighted by Gasteiger charge is 2.27. The van der Waals surface area contributed by atoms with E-state index in [2.05, 4.69) is 5.32 Å². The number of nitrogens with one attached hydrogen (secondary N) is 1. The second-order valence-corrected chi connectivity index (χ2v) is 10.4. The Morgan fingerprint density at radius 1 is 0.848 bits per heavy atom. The van der Waals surface area contributed by atoms with Gasteiger partial charge in [-0.3, -0.25) is 4.79 Å². The Bertz CT molecular complexity index is 1190. The number of halogens is 2. The van der Waals surface area contributed by atoms with Gasteiger partial charge in [0.15, 0.2) is 0 Å². The summed E-state index contributed by atoms with van der Waals surface area (Å²) in [6, 6.07) is 18.7. The zero-order chi connectivity index (χ0) is 24.0. The van der Waals surface area contributed by atoms with Gasteiger partial charge in [0.05, 0.1) is 11.4 Å². The molecule has 0 radical (unpaired) electrons. The highest BCUT2D eigenvalue weighted by Crippen LogP contribution is 2.24. The average molecular weight is 505 g/mol. The molecule has 0 bridgehead atoms. The summed E-state index contributed by atoms with van der Waals surface area (Å²) >= 11 is 11.9. The maximum atomic E-state index is 13.4. The van der Waals surface area contributed by atoms with Gasteiger partial charge in [-0.05, 0) is 65.9 Å². The summed E-state index contributed by atoms with van der Waals surface area (Å²) in [5, 5.41) is 3.93. The van der Waals surface area contributed by atoms with Gasteiger partial charge in [0.2, 0.25) is 15.9 Å². The molecular formula is C25H26Cl2N2O3S. The highest BCUT2D eigenvalue weighted by molar-refractivity contribution is 7.89. The van der Waals surface area contributed by atoms with E-state index in [-0.39, 0.29) is 18.0 Å². The standard InChI is InChI=1S/C25H26Cl2N2O3S/c1-3-19-6-5-7-20(4-2)25(19)28-24(30)17-29(16-18-8-10-21(26)11-9-18)33(31,32)23-14-12-22(27)13-15-23/h5-15H,3-4,16-17H2,1-2H3,(H,28,30). The fraction of sp³-hybridized carbons (Fsp3) is 0.240. The summed E-state index contributed by atoms with van der Waals surface area (Å²) in [6.07, 6.45) is 1.50. The lowest BCUT2D eigenvalue weighted by molar-refractivity contribution is -0.116. The van der Waals surface area contributed by atoms with E-state index in [1.807, 2.05) is 32.0 Å². The Morgan fingerprint density at radius 3 is 1.88 bits per heavy atom. The van der Waals surface area contributed by atoms with Crippen LogP contribution >= 0.6 is 23.2 Å². The SMILES string of the molecule is CCc1cccc(CC)c1NC(=O)CN(Cc1ccc(Cl)cc1)S(=O)(=O)c1ccc(Cl)cc1. The van der Waals surface area contributed by atoms with E-state index in [9.17, 15) is 13.2 Å². The molecule has 3 rings (SSSR count). The normalized spacial score (nSPS) is 11.5. The minimum Gasteiger partial charge on any atom is -0.324 e. The number of carbonyl (C=O) groups is 1. The first-order valence-electron chi connectivity index (χ1n) is 10.6. The Kier molecular flexibility index (Phi) is 8.54. The Hall–Kier alpha value is -2.38. The molecule has 0 aliphatic carbocycles. The molecule has 0 saturated carbocycles. The molecule has 1 amide bonds. The molecule has 0 fully saturated rings. The van der Waals surface area contributed by atoms with Crippen molar-refractivity contribution < 1.29 is 13.2 Å². The molecule has 5 nitrogen and oxygen atoms in total. The number of sulfonamides is 1. The number of aryl methyl sites for hydroxylation is 2. The number of hydrogen-bond donors (Lipinski definition) is 1. The van der Waals surface area contributed by atoms with Gasteiger partial charge in [0.25, 0.3) is 0 Å². The molecule has 8 heteroatoms. The number of nitrogens with zero attached hydrogens (tertiary/aromatic N) is 1. The van der Waals surface area contributed by atoms with E-state index in [0.29, 0.717) is 15.6 Å². The molecule has 1 N–H and O–H groups in total. The van der Waals surface area contributed by atoms with Crippen LogP contribution in [-0.2, 0) is 34.2 Å². The van der Waals surface area contributed by atoms with E-state index >= 15 is 0 Å². The second-order valence-electron chi connectivity index (χ2n) is 7.56. The van der Waals surface area contributed by atoms with Crippen LogP contribution in [0.4, 0.5) is 5.69 Å². The minimum absolute atomic E-state index is 0.0195. The number of rotatable bonds is 9. The topological polar surface area (TPSA) is 66.5 Å². The average Bonchev–Trinajstić information content (AvgIpc) is 2.80. The van der Waals surface area contributed by atoms with Gasteiger partial charge in [0, 0.05) is 22.3 Å². The molecule has 0 atom stereocenters. The summed E-state index contributed by atoms with van der Waals surface area (Å²) < 4.78 is 28.0. The summed E-state index contributed by atoms with van der Waals surface area (Å²) in [4.78, 5) is 13.1. The van der Waals surface area contributed by atoms with Crippen molar-refractivity contribution in [2.24, 2.45) is 0 Å². The van der Waals surface area contributed by atoms with E-state index in [1.165, 1.54) is 24.3 Å². The largest absolute Gasteiger partial charge is 0.324 e. The highest BCUT2D eigenvalue weighted by atomic mass is 35.5. The van der Waals surface area contributed by atoms with Crippen molar-refractivity contribution in [2.75, 3.05) is 11.9 Å². The zero-order valence-corrected chi connectivity index (χ0v) is 20.8. The van der Waals surface area contributed by atoms with Crippen LogP contribution in [0.1, 0.15) is 30.5 Å². The Balaban J connectivity index is 1.92. The van der Waals surface area contributed by atoms with Gasteiger partial charge in [-0.15, -0.1) is 0 Å². The molecule has 0 aliphatic rings. The van der Waals surface area contributed by atoms with Gasteiger partial charge in [-0.1, -0.05) is 67.4 Å². The van der Waals surface area contributed by atoms with Crippen LogP contribution < -0.4 is 5.32 Å². The van der Waals surface area contributed by atoms with Crippen molar-refractivity contribution in [3.05, 3.63) is 93.5 Å². The van der Waals surface area contributed by atoms with Crippen molar-refractivity contribution >= 4 is 44.8 Å². The molecule has 3 aromatic rings. The third kappa shape index (κ3) is 6.36. The monoisotopic (exact) mass is 504 g/mol. The minimum atomic E-state index is -3.96. The first-order valence-corrected chi connectivity index (χ1v) is 12.8. The Labute approximate surface area is 205 Å². The number of para-hydroxylation sites is 1. The van der Waals surface area contributed by atoms with Crippen molar-refractivity contribution in [3.8, 4) is 0 Å². The molecule has 0 saturated heterocycles. The third-order valence-corrected chi connectivity index (χ3v) is 7.62. The summed E-state index contributed by atoms with van der Waals surface area (Å²) in [5.41, 5.74) is 3.48. The van der Waals surface area contributed by atoms with E-state index in [0.717, 1.165) is 34.0 Å². The molecule has 174 valence electrons. The molecule has 0 heterocycles. The van der Waals surface area contributed by atoms with E-state index in [1.54, 1.807) is 24.3 Å². The molecular weight excluding hydrogens is 479 g/mol. The first-order chi connectivity index (χ1) is 15.7. The van der Waals surface area contributed by atoms with Crippen LogP contribution in [0.5, 0.6) is 0 Å². The molecule has 33 heavy (non-hydrogen) atoms. The number of carbonyl (C=O) groups excluding carboxylic acids is 1. The van der Waals surface area contributed by atoms with Crippen LogP contribution in [0.25, 0.3) is 0 Å². The predicted octanol–water partition coefficient (Wildman–Crippen LogP) is 5.95. The van der Waals surface area contributed by atoms with Crippen LogP contribution in [0, 0.1) is 0 Å². The van der Waals surface area contributed by atoms with E-state index in [4.69, 9.17) is 23.2 Å². The van der Waals surface area contributed by atoms with Gasteiger partial charge in [0.1, 0.15) is 0 Å². The van der Waals surface area contributed by atoms with Crippen LogP contribution in [0.3, 0.4) is 0 Å². The maximum Gasteiger partial charge on any atom is 0.243 e. The van der Waals surface area contributed by atoms with Gasteiger partial charge in [-0.25, -0.2) is 8.42 Å². The van der Waals surface area contributed by atoms with Crippen LogP contribution in [-0.4, -0.2) is 25.2 Å². The lowest BCUT2D eigenvalue weighted by atomic mass is 10.0. The van der Waals surface area contributed by atoms with E-state index < -0.39 is 15.9 Å². The van der Waals surface area contributed by atoms with Crippen LogP contribution in [0.15, 0.2) is 71.6 Å². The lowest BCUT2D eigenvalue weighted by Crippen LogP contribution is -2.37. The fourth-order valence-corrected chi connectivity index (χ4v) is 5.15. The van der Waals surface area contributed by atoms with Crippen LogP contribution in [0.2, 0.25) is 10.0 Å². The van der Waals surface area contributed by atoms with Crippen molar-refractivity contribution in [1.29, 1.82) is 0 Å². The molecule has 0 unspecified atom stereocenters. The van der Waals surface area contributed by atoms with Crippen molar-refractivity contribution in [1.82, 2.24) is 4.31 Å². The van der Waals surface area contributed by atoms with Gasteiger partial charge in [-0.2, -0.15) is 4.31 Å². The number of amides is 1. The summed E-state index contributed by atoms with van der Waals surface area (Å²) in [6.45, 7) is 3.71. The number of benzene rings is 3. The molecule has 0 aliphatic heterocycles. The lowest BCUT2D eigenvalue weighted by Gasteiger charge is -2.23. The zero-order valence-electron chi connectivity index (χ0n) is 18.5. The summed E-state index contributed by atoms with van der Waals surface area (Å²) in [7, 11) is -3.96. The van der Waals surface area contributed by atoms with Gasteiger partial charge < -0.3 is 5.32 Å². The summed E-state index contributed by atoms with van der Waals surface area (Å²) in [5.74, 6) is -0.405. The van der Waals surface area contributed by atoms with Gasteiger partial charge >= 0.3 is 0 Å². The number of anilines is 1. The van der Waals surface area contributed by atoms with Crippen molar-refractivity contribution in [2.45, 2.75) is 38.1 Å². The molecule has 0 spiro atoms. The third-order valence-electron chi connectivity index (χ3n) is 5.31. The molecule has 3 aromatic carbocycles. The Morgan fingerprint density at radius 2 is 1.36 bits per heavy atom. The second kappa shape index (κ2) is 11.2. The first kappa shape index (κ1) is 25.2. The smallest absolute Gasteiger partial charge is 0.243 e. The fourth-order valence-electron chi connectivity index (χ4n) is 3.52. The predicted molar refractivity (Wildman–Crippen MR) is 134 cm³/mol. The maximum absolute atomic E-state index is 13.4. The number of hydrogen-bond acceptors (Lipinski definition) is 3.